The predicted molar refractivity (Wildman–Crippen MR) is 90.2 cm³/mol. The Kier molecular flexibility index (Phi) is 3.98. The van der Waals surface area contributed by atoms with Gasteiger partial charge in [-0.05, 0) is 30.2 Å². The number of halogens is 1. The summed E-state index contributed by atoms with van der Waals surface area (Å²) in [6, 6.07) is 6.71. The van der Waals surface area contributed by atoms with Gasteiger partial charge in [-0.25, -0.2) is 0 Å². The zero-order valence-electron chi connectivity index (χ0n) is 13.0. The SMILES string of the molecule is COc1cc2c(c(CBr)c1C)C(=O)c1c(OC)cccc1C2=O. The van der Waals surface area contributed by atoms with Crippen LogP contribution in [0.4, 0.5) is 0 Å². The van der Waals surface area contributed by atoms with E-state index in [0.717, 1.165) is 11.1 Å². The van der Waals surface area contributed by atoms with Crippen LogP contribution in [0.15, 0.2) is 24.3 Å². The van der Waals surface area contributed by atoms with Gasteiger partial charge in [0.2, 0.25) is 0 Å². The van der Waals surface area contributed by atoms with Crippen LogP contribution < -0.4 is 9.47 Å². The smallest absolute Gasteiger partial charge is 0.198 e. The van der Waals surface area contributed by atoms with Crippen molar-refractivity contribution in [2.24, 2.45) is 0 Å². The zero-order chi connectivity index (χ0) is 16.7. The van der Waals surface area contributed by atoms with E-state index in [1.165, 1.54) is 7.11 Å². The van der Waals surface area contributed by atoms with Crippen molar-refractivity contribution < 1.29 is 19.1 Å². The molecule has 0 spiro atoms. The van der Waals surface area contributed by atoms with Gasteiger partial charge < -0.3 is 9.47 Å². The molecule has 0 saturated carbocycles. The number of carbonyl (C=O) groups is 2. The molecule has 0 radical (unpaired) electrons. The number of benzene rings is 2. The van der Waals surface area contributed by atoms with Gasteiger partial charge in [-0.2, -0.15) is 0 Å². The second-order valence-electron chi connectivity index (χ2n) is 5.28. The van der Waals surface area contributed by atoms with E-state index in [2.05, 4.69) is 15.9 Å². The standard InChI is InChI=1S/C18H15BrO4/c1-9-12(8-19)15-11(7-14(9)23-3)17(20)10-5-4-6-13(22-2)16(10)18(15)21/h4-7H,8H2,1-3H3. The summed E-state index contributed by atoms with van der Waals surface area (Å²) in [5.74, 6) is 0.646. The fourth-order valence-electron chi connectivity index (χ4n) is 3.02. The topological polar surface area (TPSA) is 52.6 Å². The molecule has 0 heterocycles. The predicted octanol–water partition coefficient (Wildman–Crippen LogP) is 3.68. The third-order valence-corrected chi connectivity index (χ3v) is 4.77. The summed E-state index contributed by atoms with van der Waals surface area (Å²) in [6.07, 6.45) is 0. The maximum absolute atomic E-state index is 13.1. The highest BCUT2D eigenvalue weighted by atomic mass is 79.9. The third kappa shape index (κ3) is 2.18. The highest BCUT2D eigenvalue weighted by Gasteiger charge is 2.35. The van der Waals surface area contributed by atoms with E-state index in [1.54, 1.807) is 31.4 Å². The maximum Gasteiger partial charge on any atom is 0.198 e. The third-order valence-electron chi connectivity index (χ3n) is 4.21. The molecule has 0 N–H and O–H groups in total. The molecule has 3 rings (SSSR count). The number of alkyl halides is 1. The Morgan fingerprint density at radius 1 is 0.957 bits per heavy atom. The summed E-state index contributed by atoms with van der Waals surface area (Å²) < 4.78 is 10.6. The number of ketones is 2. The monoisotopic (exact) mass is 374 g/mol. The van der Waals surface area contributed by atoms with Crippen LogP contribution in [0.25, 0.3) is 0 Å². The molecule has 5 heteroatoms. The first kappa shape index (κ1) is 15.7. The molecule has 1 aliphatic rings. The molecule has 0 saturated heterocycles. The molecule has 2 aromatic carbocycles. The first-order chi connectivity index (χ1) is 11.0. The van der Waals surface area contributed by atoms with E-state index < -0.39 is 0 Å². The van der Waals surface area contributed by atoms with Crippen LogP contribution in [0, 0.1) is 6.92 Å². The lowest BCUT2D eigenvalue weighted by molar-refractivity contribution is 0.0975. The van der Waals surface area contributed by atoms with Crippen molar-refractivity contribution in [3.63, 3.8) is 0 Å². The minimum atomic E-state index is -0.188. The Morgan fingerprint density at radius 2 is 1.65 bits per heavy atom. The molecule has 0 unspecified atom stereocenters. The highest BCUT2D eigenvalue weighted by Crippen LogP contribution is 2.39. The van der Waals surface area contributed by atoms with E-state index in [1.807, 2.05) is 6.92 Å². The lowest BCUT2D eigenvalue weighted by Crippen LogP contribution is -2.24. The summed E-state index contributed by atoms with van der Waals surface area (Å²) in [6.45, 7) is 1.88. The summed E-state index contributed by atoms with van der Waals surface area (Å²) in [5.41, 5.74) is 3.14. The average molecular weight is 375 g/mol. The van der Waals surface area contributed by atoms with Gasteiger partial charge >= 0.3 is 0 Å². The number of hydrogen-bond acceptors (Lipinski definition) is 4. The van der Waals surface area contributed by atoms with Crippen LogP contribution >= 0.6 is 15.9 Å². The Balaban J connectivity index is 2.38. The van der Waals surface area contributed by atoms with E-state index >= 15 is 0 Å². The van der Waals surface area contributed by atoms with Gasteiger partial charge in [0, 0.05) is 22.0 Å². The van der Waals surface area contributed by atoms with Crippen LogP contribution in [-0.4, -0.2) is 25.8 Å². The van der Waals surface area contributed by atoms with Crippen molar-refractivity contribution in [3.8, 4) is 11.5 Å². The van der Waals surface area contributed by atoms with E-state index in [-0.39, 0.29) is 11.6 Å². The lowest BCUT2D eigenvalue weighted by Gasteiger charge is -2.23. The van der Waals surface area contributed by atoms with Crippen LogP contribution in [0.2, 0.25) is 0 Å². The number of ether oxygens (including phenoxy) is 2. The molecule has 0 aliphatic heterocycles. The Hall–Kier alpha value is -2.14. The number of fused-ring (bicyclic) bond motifs is 2. The average Bonchev–Trinajstić information content (AvgIpc) is 2.58. The highest BCUT2D eigenvalue weighted by molar-refractivity contribution is 9.08. The second-order valence-corrected chi connectivity index (χ2v) is 5.84. The van der Waals surface area contributed by atoms with Gasteiger partial charge in [-0.1, -0.05) is 28.1 Å². The fraction of sp³-hybridized carbons (Fsp3) is 0.222. The summed E-state index contributed by atoms with van der Waals surface area (Å²) in [4.78, 5) is 26.0. The molecule has 2 aromatic rings. The molecule has 0 atom stereocenters. The maximum atomic E-state index is 13.1. The molecule has 0 bridgehead atoms. The molecule has 118 valence electrons. The van der Waals surface area contributed by atoms with Gasteiger partial charge in [0.05, 0.1) is 19.8 Å². The van der Waals surface area contributed by atoms with Crippen molar-refractivity contribution >= 4 is 27.5 Å². The quantitative estimate of drug-likeness (QED) is 0.656. The van der Waals surface area contributed by atoms with Crippen LogP contribution in [0.5, 0.6) is 11.5 Å². The number of carbonyl (C=O) groups excluding carboxylic acids is 2. The van der Waals surface area contributed by atoms with Crippen molar-refractivity contribution in [2.45, 2.75) is 12.3 Å². The first-order valence-electron chi connectivity index (χ1n) is 7.08. The van der Waals surface area contributed by atoms with Crippen molar-refractivity contribution in [2.75, 3.05) is 14.2 Å². The van der Waals surface area contributed by atoms with E-state index in [4.69, 9.17) is 9.47 Å². The summed E-state index contributed by atoms with van der Waals surface area (Å²) in [5, 5.41) is 0.460. The van der Waals surface area contributed by atoms with Crippen LogP contribution in [0.1, 0.15) is 43.0 Å². The fourth-order valence-corrected chi connectivity index (χ4v) is 3.72. The largest absolute Gasteiger partial charge is 0.496 e. The minimum absolute atomic E-state index is 0.186. The minimum Gasteiger partial charge on any atom is -0.496 e. The van der Waals surface area contributed by atoms with E-state index in [0.29, 0.717) is 39.1 Å². The number of hydrogen-bond donors (Lipinski definition) is 0. The Morgan fingerprint density at radius 3 is 2.26 bits per heavy atom. The van der Waals surface area contributed by atoms with Gasteiger partial charge in [-0.15, -0.1) is 0 Å². The molecular weight excluding hydrogens is 360 g/mol. The Labute approximate surface area is 142 Å². The molecular formula is C18H15BrO4. The lowest BCUT2D eigenvalue weighted by atomic mass is 9.80. The van der Waals surface area contributed by atoms with Crippen molar-refractivity contribution in [1.29, 1.82) is 0 Å². The van der Waals surface area contributed by atoms with Gasteiger partial charge in [0.15, 0.2) is 11.6 Å². The molecule has 23 heavy (non-hydrogen) atoms. The Bertz CT molecular complexity index is 839. The van der Waals surface area contributed by atoms with Gasteiger partial charge in [0.1, 0.15) is 11.5 Å². The van der Waals surface area contributed by atoms with Crippen LogP contribution in [0.3, 0.4) is 0 Å². The second kappa shape index (κ2) is 5.81. The van der Waals surface area contributed by atoms with Crippen molar-refractivity contribution in [1.82, 2.24) is 0 Å². The van der Waals surface area contributed by atoms with Crippen LogP contribution in [-0.2, 0) is 5.33 Å². The molecule has 0 fully saturated rings. The van der Waals surface area contributed by atoms with Gasteiger partial charge in [0.25, 0.3) is 0 Å². The normalized spacial score (nSPS) is 12.7. The molecule has 1 aliphatic carbocycles. The van der Waals surface area contributed by atoms with Crippen molar-refractivity contribution in [3.05, 3.63) is 57.6 Å². The summed E-state index contributed by atoms with van der Waals surface area (Å²) in [7, 11) is 3.05. The zero-order valence-corrected chi connectivity index (χ0v) is 14.6. The molecule has 4 nitrogen and oxygen atoms in total. The summed E-state index contributed by atoms with van der Waals surface area (Å²) >= 11 is 3.42. The molecule has 0 amide bonds. The first-order valence-corrected chi connectivity index (χ1v) is 8.20. The number of rotatable bonds is 3. The number of methoxy groups -OCH3 is 2. The van der Waals surface area contributed by atoms with E-state index in [9.17, 15) is 9.59 Å². The molecule has 0 aromatic heterocycles. The van der Waals surface area contributed by atoms with Gasteiger partial charge in [-0.3, -0.25) is 9.59 Å².